The van der Waals surface area contributed by atoms with Crippen LogP contribution in [0.25, 0.3) is 0 Å². The van der Waals surface area contributed by atoms with Crippen LogP contribution in [0, 0.1) is 19.3 Å². The quantitative estimate of drug-likeness (QED) is 0.651. The van der Waals surface area contributed by atoms with Gasteiger partial charge in [0.2, 0.25) is 0 Å². The highest BCUT2D eigenvalue weighted by atomic mass is 16.5. The number of terminal acetylenes is 1. The number of carbonyl (C=O) groups excluding carboxylic acids is 1. The van der Waals surface area contributed by atoms with E-state index in [9.17, 15) is 9.59 Å². The Morgan fingerprint density at radius 3 is 2.89 bits per heavy atom. The van der Waals surface area contributed by atoms with E-state index >= 15 is 0 Å². The highest BCUT2D eigenvalue weighted by Crippen LogP contribution is 2.00. The fourth-order valence-corrected chi connectivity index (χ4v) is 1.20. The number of aromatic nitrogens is 1. The second-order valence-electron chi connectivity index (χ2n) is 3.55. The Labute approximate surface area is 104 Å². The van der Waals surface area contributed by atoms with Crippen molar-refractivity contribution in [3.05, 3.63) is 17.5 Å². The predicted octanol–water partition coefficient (Wildman–Crippen LogP) is 0.259. The van der Waals surface area contributed by atoms with Gasteiger partial charge < -0.3 is 20.3 Å². The first-order chi connectivity index (χ1) is 8.52. The second-order valence-corrected chi connectivity index (χ2v) is 3.55. The monoisotopic (exact) mass is 251 g/mol. The molecule has 0 aromatic carbocycles. The maximum atomic E-state index is 11.4. The maximum Gasteiger partial charge on any atom is 0.327 e. The SMILES string of the molecule is C#CCC(NC(=O)NCc1cc(C)on1)C(=O)O. The van der Waals surface area contributed by atoms with Crippen LogP contribution in [-0.4, -0.2) is 28.3 Å². The smallest absolute Gasteiger partial charge is 0.327 e. The third-order valence-corrected chi connectivity index (χ3v) is 2.03. The van der Waals surface area contributed by atoms with Crippen LogP contribution in [0.2, 0.25) is 0 Å². The van der Waals surface area contributed by atoms with Gasteiger partial charge in [-0.15, -0.1) is 12.3 Å². The molecule has 0 fully saturated rings. The van der Waals surface area contributed by atoms with Crippen molar-refractivity contribution >= 4 is 12.0 Å². The molecule has 1 atom stereocenters. The summed E-state index contributed by atoms with van der Waals surface area (Å²) >= 11 is 0. The zero-order valence-corrected chi connectivity index (χ0v) is 9.77. The van der Waals surface area contributed by atoms with Gasteiger partial charge in [0, 0.05) is 12.5 Å². The first kappa shape index (κ1) is 13.6. The molecule has 0 spiro atoms. The van der Waals surface area contributed by atoms with Gasteiger partial charge in [-0.05, 0) is 6.92 Å². The van der Waals surface area contributed by atoms with E-state index in [4.69, 9.17) is 16.1 Å². The molecule has 0 aliphatic rings. The first-order valence-electron chi connectivity index (χ1n) is 5.15. The van der Waals surface area contributed by atoms with Gasteiger partial charge in [-0.2, -0.15) is 0 Å². The largest absolute Gasteiger partial charge is 0.480 e. The second kappa shape index (κ2) is 6.30. The number of nitrogens with one attached hydrogen (secondary N) is 2. The molecule has 7 nitrogen and oxygen atoms in total. The van der Waals surface area contributed by atoms with E-state index in [1.54, 1.807) is 13.0 Å². The van der Waals surface area contributed by atoms with Crippen LogP contribution in [0.1, 0.15) is 17.9 Å². The topological polar surface area (TPSA) is 104 Å². The minimum absolute atomic E-state index is 0.0776. The van der Waals surface area contributed by atoms with Crippen LogP contribution < -0.4 is 10.6 Å². The fraction of sp³-hybridized carbons (Fsp3) is 0.364. The van der Waals surface area contributed by atoms with Crippen molar-refractivity contribution in [3.63, 3.8) is 0 Å². The number of hydrogen-bond acceptors (Lipinski definition) is 4. The van der Waals surface area contributed by atoms with Gasteiger partial charge in [-0.3, -0.25) is 0 Å². The molecular formula is C11H13N3O4. The van der Waals surface area contributed by atoms with E-state index in [1.807, 2.05) is 0 Å². The zero-order chi connectivity index (χ0) is 13.5. The predicted molar refractivity (Wildman–Crippen MR) is 61.5 cm³/mol. The summed E-state index contributed by atoms with van der Waals surface area (Å²) in [5.74, 6) is 1.63. The van der Waals surface area contributed by atoms with Gasteiger partial charge in [-0.25, -0.2) is 9.59 Å². The van der Waals surface area contributed by atoms with E-state index in [1.165, 1.54) is 0 Å². The van der Waals surface area contributed by atoms with Crippen molar-refractivity contribution in [3.8, 4) is 12.3 Å². The van der Waals surface area contributed by atoms with Gasteiger partial charge >= 0.3 is 12.0 Å². The Balaban J connectivity index is 2.41. The van der Waals surface area contributed by atoms with E-state index in [2.05, 4.69) is 21.7 Å². The summed E-state index contributed by atoms with van der Waals surface area (Å²) in [4.78, 5) is 22.1. The number of rotatable bonds is 5. The molecule has 1 aromatic rings. The summed E-state index contributed by atoms with van der Waals surface area (Å²) in [6.45, 7) is 1.87. The minimum Gasteiger partial charge on any atom is -0.480 e. The van der Waals surface area contributed by atoms with Crippen LogP contribution in [0.5, 0.6) is 0 Å². The molecule has 1 heterocycles. The average molecular weight is 251 g/mol. The molecule has 0 radical (unpaired) electrons. The standard InChI is InChI=1S/C11H13N3O4/c1-3-4-9(10(15)16)13-11(17)12-6-8-5-7(2)18-14-8/h1,5,9H,4,6H2,2H3,(H,15,16)(H2,12,13,17). The summed E-state index contributed by atoms with van der Waals surface area (Å²) in [5, 5.41) is 17.1. The third kappa shape index (κ3) is 4.17. The Morgan fingerprint density at radius 2 is 2.39 bits per heavy atom. The van der Waals surface area contributed by atoms with Gasteiger partial charge in [0.1, 0.15) is 17.5 Å². The molecule has 0 saturated heterocycles. The van der Waals surface area contributed by atoms with Crippen LogP contribution in [0.3, 0.4) is 0 Å². The van der Waals surface area contributed by atoms with Crippen LogP contribution >= 0.6 is 0 Å². The van der Waals surface area contributed by atoms with Crippen LogP contribution in [-0.2, 0) is 11.3 Å². The summed E-state index contributed by atoms with van der Waals surface area (Å²) in [6, 6.07) is -0.0662. The maximum absolute atomic E-state index is 11.4. The summed E-state index contributed by atoms with van der Waals surface area (Å²) in [5.41, 5.74) is 0.548. The van der Waals surface area contributed by atoms with Gasteiger partial charge in [0.15, 0.2) is 0 Å². The number of carbonyl (C=O) groups is 2. The van der Waals surface area contributed by atoms with E-state index in [0.717, 1.165) is 0 Å². The molecule has 0 bridgehead atoms. The number of aliphatic carboxylic acids is 1. The molecule has 1 unspecified atom stereocenters. The highest BCUT2D eigenvalue weighted by Gasteiger charge is 2.18. The molecule has 0 aliphatic heterocycles. The number of aryl methyl sites for hydroxylation is 1. The Bertz CT molecular complexity index is 475. The van der Waals surface area contributed by atoms with Crippen molar-refractivity contribution in [2.24, 2.45) is 0 Å². The Hall–Kier alpha value is -2.49. The summed E-state index contributed by atoms with van der Waals surface area (Å²) < 4.78 is 4.81. The minimum atomic E-state index is -1.18. The number of carboxylic acids is 1. The molecule has 0 aliphatic carbocycles. The number of carboxylic acid groups (broad SMARTS) is 1. The average Bonchev–Trinajstić information content (AvgIpc) is 2.72. The van der Waals surface area contributed by atoms with Gasteiger partial charge in [0.05, 0.1) is 6.54 Å². The first-order valence-corrected chi connectivity index (χ1v) is 5.15. The lowest BCUT2D eigenvalue weighted by molar-refractivity contribution is -0.139. The molecule has 3 N–H and O–H groups in total. The van der Waals surface area contributed by atoms with E-state index in [-0.39, 0.29) is 13.0 Å². The summed E-state index contributed by atoms with van der Waals surface area (Å²) in [6.07, 6.45) is 4.93. The molecule has 1 rings (SSSR count). The summed E-state index contributed by atoms with van der Waals surface area (Å²) in [7, 11) is 0. The van der Waals surface area contributed by atoms with Crippen molar-refractivity contribution < 1.29 is 19.2 Å². The lowest BCUT2D eigenvalue weighted by atomic mass is 10.2. The lowest BCUT2D eigenvalue weighted by Gasteiger charge is -2.11. The van der Waals surface area contributed by atoms with E-state index in [0.29, 0.717) is 11.5 Å². The molecule has 18 heavy (non-hydrogen) atoms. The molecule has 0 saturated carbocycles. The molecule has 7 heteroatoms. The van der Waals surface area contributed by atoms with E-state index < -0.39 is 18.0 Å². The third-order valence-electron chi connectivity index (χ3n) is 2.03. The van der Waals surface area contributed by atoms with Gasteiger partial charge in [0.25, 0.3) is 0 Å². The highest BCUT2D eigenvalue weighted by molar-refractivity contribution is 5.82. The lowest BCUT2D eigenvalue weighted by Crippen LogP contribution is -2.45. The van der Waals surface area contributed by atoms with Crippen LogP contribution in [0.4, 0.5) is 4.79 Å². The molecular weight excluding hydrogens is 238 g/mol. The fourth-order valence-electron chi connectivity index (χ4n) is 1.20. The van der Waals surface area contributed by atoms with Crippen molar-refractivity contribution in [1.82, 2.24) is 15.8 Å². The van der Waals surface area contributed by atoms with Crippen molar-refractivity contribution in [2.45, 2.75) is 25.9 Å². The molecule has 2 amide bonds. The number of amides is 2. The number of urea groups is 1. The molecule has 1 aromatic heterocycles. The van der Waals surface area contributed by atoms with Crippen molar-refractivity contribution in [1.29, 1.82) is 0 Å². The zero-order valence-electron chi connectivity index (χ0n) is 9.77. The normalized spacial score (nSPS) is 11.3. The Morgan fingerprint density at radius 1 is 1.67 bits per heavy atom. The number of hydrogen-bond donors (Lipinski definition) is 3. The number of nitrogens with zero attached hydrogens (tertiary/aromatic N) is 1. The van der Waals surface area contributed by atoms with Crippen LogP contribution in [0.15, 0.2) is 10.6 Å². The Kier molecular flexibility index (Phi) is 4.75. The van der Waals surface area contributed by atoms with Gasteiger partial charge in [-0.1, -0.05) is 5.16 Å². The van der Waals surface area contributed by atoms with Crippen molar-refractivity contribution in [2.75, 3.05) is 0 Å². The molecule has 96 valence electrons.